The zero-order valence-electron chi connectivity index (χ0n) is 14.0. The van der Waals surface area contributed by atoms with E-state index in [0.29, 0.717) is 21.5 Å². The minimum Gasteiger partial charge on any atom is -0.477 e. The van der Waals surface area contributed by atoms with Gasteiger partial charge < -0.3 is 20.3 Å². The molecule has 0 saturated heterocycles. The number of nitrogens with one attached hydrogen (secondary N) is 2. The molecule has 0 bridgehead atoms. The van der Waals surface area contributed by atoms with E-state index in [2.05, 4.69) is 10.6 Å². The van der Waals surface area contributed by atoms with Crippen molar-refractivity contribution in [3.05, 3.63) is 52.5 Å². The molecule has 2 amide bonds. The van der Waals surface area contributed by atoms with Gasteiger partial charge in [0.2, 0.25) is 5.91 Å². The minimum absolute atomic E-state index is 0.0384. The molecule has 0 fully saturated rings. The molecule has 1 heterocycles. The van der Waals surface area contributed by atoms with Gasteiger partial charge in [0.25, 0.3) is 5.91 Å². The van der Waals surface area contributed by atoms with Gasteiger partial charge in [-0.25, -0.2) is 0 Å². The molecule has 0 saturated carbocycles. The Morgan fingerprint density at radius 2 is 2.00 bits per heavy atom. The summed E-state index contributed by atoms with van der Waals surface area (Å²) in [5.74, 6) is 0.0326. The van der Waals surface area contributed by atoms with Gasteiger partial charge in [0.1, 0.15) is 5.75 Å². The fourth-order valence-corrected chi connectivity index (χ4v) is 3.05. The van der Waals surface area contributed by atoms with Crippen LogP contribution in [-0.4, -0.2) is 38.1 Å². The van der Waals surface area contributed by atoms with Crippen LogP contribution < -0.4 is 20.3 Å². The molecule has 2 aromatic carbocycles. The summed E-state index contributed by atoms with van der Waals surface area (Å²) in [6.45, 7) is 0.296. The van der Waals surface area contributed by atoms with E-state index in [1.54, 1.807) is 36.2 Å². The molecule has 0 radical (unpaired) electrons. The van der Waals surface area contributed by atoms with Gasteiger partial charge in [-0.3, -0.25) is 9.59 Å². The van der Waals surface area contributed by atoms with Gasteiger partial charge in [-0.2, -0.15) is 0 Å². The number of fused-ring (bicyclic) bond motifs is 1. The Balaban J connectivity index is 1.78. The summed E-state index contributed by atoms with van der Waals surface area (Å²) in [5.41, 5.74) is 1.19. The first-order chi connectivity index (χ1) is 12.5. The molecule has 6 nitrogen and oxygen atoms in total. The predicted molar refractivity (Wildman–Crippen MR) is 102 cm³/mol. The number of halogens is 2. The lowest BCUT2D eigenvalue weighted by atomic mass is 10.1. The fourth-order valence-electron chi connectivity index (χ4n) is 2.71. The average Bonchev–Trinajstić information content (AvgIpc) is 2.64. The topological polar surface area (TPSA) is 70.7 Å². The number of hydrogen-bond acceptors (Lipinski definition) is 4. The lowest BCUT2D eigenvalue weighted by molar-refractivity contribution is -0.127. The highest BCUT2D eigenvalue weighted by Crippen LogP contribution is 2.33. The number of para-hydroxylation sites is 2. The third kappa shape index (κ3) is 4.03. The van der Waals surface area contributed by atoms with Gasteiger partial charge in [-0.1, -0.05) is 35.3 Å². The van der Waals surface area contributed by atoms with Crippen molar-refractivity contribution in [1.82, 2.24) is 5.32 Å². The van der Waals surface area contributed by atoms with Crippen molar-refractivity contribution in [2.24, 2.45) is 0 Å². The van der Waals surface area contributed by atoms with Crippen molar-refractivity contribution in [2.75, 3.05) is 30.4 Å². The number of amides is 2. The SMILES string of the molecule is CNC(=O)[C@@H]1CN(CC(=O)Nc2cc(Cl)ccc2Cl)c2ccccc2O1. The van der Waals surface area contributed by atoms with Gasteiger partial charge in [-0.15, -0.1) is 0 Å². The second kappa shape index (κ2) is 7.85. The smallest absolute Gasteiger partial charge is 0.262 e. The number of ether oxygens (including phenoxy) is 1. The first-order valence-electron chi connectivity index (χ1n) is 7.95. The number of benzene rings is 2. The lowest BCUT2D eigenvalue weighted by Crippen LogP contribution is -2.50. The maximum absolute atomic E-state index is 12.5. The number of carbonyl (C=O) groups excluding carboxylic acids is 2. The minimum atomic E-state index is -0.697. The van der Waals surface area contributed by atoms with E-state index in [4.69, 9.17) is 27.9 Å². The third-order valence-corrected chi connectivity index (χ3v) is 4.50. The zero-order chi connectivity index (χ0) is 18.7. The van der Waals surface area contributed by atoms with Crippen molar-refractivity contribution in [2.45, 2.75) is 6.10 Å². The Morgan fingerprint density at radius 1 is 1.23 bits per heavy atom. The van der Waals surface area contributed by atoms with Gasteiger partial charge in [-0.05, 0) is 30.3 Å². The van der Waals surface area contributed by atoms with Crippen LogP contribution in [0.1, 0.15) is 0 Å². The largest absolute Gasteiger partial charge is 0.477 e. The first-order valence-corrected chi connectivity index (χ1v) is 8.70. The monoisotopic (exact) mass is 393 g/mol. The van der Waals surface area contributed by atoms with Gasteiger partial charge >= 0.3 is 0 Å². The predicted octanol–water partition coefficient (Wildman–Crippen LogP) is 2.95. The highest BCUT2D eigenvalue weighted by atomic mass is 35.5. The van der Waals surface area contributed by atoms with E-state index < -0.39 is 6.10 Å². The molecule has 26 heavy (non-hydrogen) atoms. The number of anilines is 2. The van der Waals surface area contributed by atoms with Crippen LogP contribution in [0, 0.1) is 0 Å². The van der Waals surface area contributed by atoms with E-state index in [-0.39, 0.29) is 24.9 Å². The van der Waals surface area contributed by atoms with Crippen LogP contribution in [0.5, 0.6) is 5.75 Å². The molecule has 0 aromatic heterocycles. The Hall–Kier alpha value is -2.44. The number of nitrogens with zero attached hydrogens (tertiary/aromatic N) is 1. The molecular weight excluding hydrogens is 377 g/mol. The number of likely N-dealkylation sites (N-methyl/N-ethyl adjacent to an activating group) is 1. The quantitative estimate of drug-likeness (QED) is 0.837. The highest BCUT2D eigenvalue weighted by molar-refractivity contribution is 6.35. The Kier molecular flexibility index (Phi) is 5.54. The first kappa shape index (κ1) is 18.4. The van der Waals surface area contributed by atoms with Gasteiger partial charge in [0.05, 0.1) is 29.5 Å². The summed E-state index contributed by atoms with van der Waals surface area (Å²) in [7, 11) is 1.55. The van der Waals surface area contributed by atoms with Gasteiger partial charge in [0.15, 0.2) is 6.10 Å². The molecule has 0 spiro atoms. The van der Waals surface area contributed by atoms with Crippen molar-refractivity contribution in [3.8, 4) is 5.75 Å². The Morgan fingerprint density at radius 3 is 2.77 bits per heavy atom. The molecule has 0 unspecified atom stereocenters. The molecule has 136 valence electrons. The van der Waals surface area contributed by atoms with Crippen LogP contribution in [0.3, 0.4) is 0 Å². The number of rotatable bonds is 4. The molecule has 3 rings (SSSR count). The van der Waals surface area contributed by atoms with Crippen LogP contribution in [0.4, 0.5) is 11.4 Å². The summed E-state index contributed by atoms with van der Waals surface area (Å²) in [6, 6.07) is 12.1. The Labute approximate surface area is 161 Å². The van der Waals surface area contributed by atoms with Crippen LogP contribution in [0.2, 0.25) is 10.0 Å². The van der Waals surface area contributed by atoms with Crippen LogP contribution in [-0.2, 0) is 9.59 Å². The maximum Gasteiger partial charge on any atom is 0.262 e. The lowest BCUT2D eigenvalue weighted by Gasteiger charge is -2.35. The molecule has 1 aliphatic rings. The zero-order valence-corrected chi connectivity index (χ0v) is 15.5. The number of hydrogen-bond donors (Lipinski definition) is 2. The van der Waals surface area contributed by atoms with Gasteiger partial charge in [0, 0.05) is 12.1 Å². The van der Waals surface area contributed by atoms with Crippen molar-refractivity contribution < 1.29 is 14.3 Å². The summed E-state index contributed by atoms with van der Waals surface area (Å²) in [6.07, 6.45) is -0.697. The van der Waals surface area contributed by atoms with E-state index >= 15 is 0 Å². The van der Waals surface area contributed by atoms with Crippen LogP contribution >= 0.6 is 23.2 Å². The van der Waals surface area contributed by atoms with E-state index in [1.807, 2.05) is 18.2 Å². The number of carbonyl (C=O) groups is 2. The third-order valence-electron chi connectivity index (χ3n) is 3.94. The summed E-state index contributed by atoms with van der Waals surface area (Å²) >= 11 is 12.0. The van der Waals surface area contributed by atoms with Crippen molar-refractivity contribution in [1.29, 1.82) is 0 Å². The Bertz CT molecular complexity index is 844. The molecule has 0 aliphatic carbocycles. The van der Waals surface area contributed by atoms with Crippen LogP contribution in [0.15, 0.2) is 42.5 Å². The molecule has 8 heteroatoms. The second-order valence-corrected chi connectivity index (χ2v) is 6.58. The molecule has 1 atom stereocenters. The standard InChI is InChI=1S/C18H17Cl2N3O3/c1-21-18(25)16-9-23(14-4-2-3-5-15(14)26-16)10-17(24)22-13-8-11(19)6-7-12(13)20/h2-8,16H,9-10H2,1H3,(H,21,25)(H,22,24)/t16-/m0/s1. The van der Waals surface area contributed by atoms with E-state index in [1.165, 1.54) is 0 Å². The normalized spacial score (nSPS) is 15.7. The van der Waals surface area contributed by atoms with E-state index in [0.717, 1.165) is 5.69 Å². The average molecular weight is 394 g/mol. The molecule has 2 N–H and O–H groups in total. The highest BCUT2D eigenvalue weighted by Gasteiger charge is 2.31. The van der Waals surface area contributed by atoms with Crippen molar-refractivity contribution in [3.63, 3.8) is 0 Å². The molecule has 1 aliphatic heterocycles. The molecular formula is C18H17Cl2N3O3. The fraction of sp³-hybridized carbons (Fsp3) is 0.222. The van der Waals surface area contributed by atoms with Crippen molar-refractivity contribution >= 4 is 46.4 Å². The summed E-state index contributed by atoms with van der Waals surface area (Å²) < 4.78 is 5.73. The second-order valence-electron chi connectivity index (χ2n) is 5.74. The molecule has 2 aromatic rings. The van der Waals surface area contributed by atoms with E-state index in [9.17, 15) is 9.59 Å². The summed E-state index contributed by atoms with van der Waals surface area (Å²) in [5, 5.41) is 6.19. The summed E-state index contributed by atoms with van der Waals surface area (Å²) in [4.78, 5) is 26.3. The maximum atomic E-state index is 12.5. The van der Waals surface area contributed by atoms with Crippen LogP contribution in [0.25, 0.3) is 0 Å².